The zero-order valence-electron chi connectivity index (χ0n) is 29.9. The summed E-state index contributed by atoms with van der Waals surface area (Å²) in [6.45, 7) is 6.84. The molecule has 0 saturated carbocycles. The highest BCUT2D eigenvalue weighted by Gasteiger charge is 2.40. The normalized spacial score (nSPS) is 12.8. The molecule has 0 aromatic rings. The number of quaternary nitrogens is 1. The third-order valence-electron chi connectivity index (χ3n) is 8.09. The van der Waals surface area contributed by atoms with Crippen LogP contribution >= 0.6 is 0 Å². The van der Waals surface area contributed by atoms with Crippen LogP contribution < -0.4 is 15.8 Å². The second-order valence-electron chi connectivity index (χ2n) is 12.4. The minimum absolute atomic E-state index is 0.0229. The molecular formula is C35H65N5O8. The van der Waals surface area contributed by atoms with Gasteiger partial charge in [-0.15, -0.1) is 0 Å². The number of esters is 2. The van der Waals surface area contributed by atoms with E-state index >= 15 is 0 Å². The van der Waals surface area contributed by atoms with E-state index < -0.39 is 41.1 Å². The molecule has 0 rings (SSSR count). The van der Waals surface area contributed by atoms with E-state index in [1.807, 2.05) is 0 Å². The highest BCUT2D eigenvalue weighted by molar-refractivity contribution is 5.93. The van der Waals surface area contributed by atoms with Crippen molar-refractivity contribution in [1.29, 1.82) is 0 Å². The molecule has 0 radical (unpaired) electrons. The maximum Gasteiger partial charge on any atom is 0.306 e. The van der Waals surface area contributed by atoms with Gasteiger partial charge in [-0.05, 0) is 12.8 Å². The van der Waals surface area contributed by atoms with E-state index in [4.69, 9.17) is 9.47 Å². The number of amides is 2. The van der Waals surface area contributed by atoms with Crippen LogP contribution in [-0.4, -0.2) is 68.9 Å². The van der Waals surface area contributed by atoms with Crippen LogP contribution in [0.2, 0.25) is 0 Å². The summed E-state index contributed by atoms with van der Waals surface area (Å²) in [6, 6.07) is 0. The van der Waals surface area contributed by atoms with Crippen molar-refractivity contribution in [2.75, 3.05) is 26.2 Å². The van der Waals surface area contributed by atoms with Crippen LogP contribution in [0.3, 0.4) is 0 Å². The number of carbonyl (C=O) groups is 4. The molecule has 0 aliphatic rings. The molecule has 3 N–H and O–H groups in total. The number of hydroxylamine groups is 1. The molecule has 3 atom stereocenters. The van der Waals surface area contributed by atoms with Crippen LogP contribution in [0.4, 0.5) is 0 Å². The minimum Gasteiger partial charge on any atom is -0.606 e. The van der Waals surface area contributed by atoms with Crippen LogP contribution in [0.5, 0.6) is 0 Å². The van der Waals surface area contributed by atoms with Crippen molar-refractivity contribution in [1.82, 2.24) is 10.6 Å². The first-order valence-corrected chi connectivity index (χ1v) is 18.5. The smallest absolute Gasteiger partial charge is 0.306 e. The van der Waals surface area contributed by atoms with E-state index in [0.717, 1.165) is 51.4 Å². The van der Waals surface area contributed by atoms with Gasteiger partial charge in [0.15, 0.2) is 0 Å². The van der Waals surface area contributed by atoms with E-state index in [0.29, 0.717) is 12.8 Å². The Morgan fingerprint density at radius 3 is 1.33 bits per heavy atom. The van der Waals surface area contributed by atoms with Gasteiger partial charge in [-0.1, -0.05) is 140 Å². The van der Waals surface area contributed by atoms with Crippen LogP contribution in [0.25, 0.3) is 0 Å². The van der Waals surface area contributed by atoms with E-state index in [9.17, 15) is 29.3 Å². The monoisotopic (exact) mass is 683 g/mol. The summed E-state index contributed by atoms with van der Waals surface area (Å²) in [5, 5.41) is 21.9. The van der Waals surface area contributed by atoms with Crippen molar-refractivity contribution in [3.63, 3.8) is 0 Å². The molecule has 0 bridgehead atoms. The van der Waals surface area contributed by atoms with Crippen LogP contribution in [0.15, 0.2) is 10.3 Å². The van der Waals surface area contributed by atoms with Gasteiger partial charge < -0.3 is 25.3 Å². The summed E-state index contributed by atoms with van der Waals surface area (Å²) < 4.78 is 10.9. The minimum atomic E-state index is -1.80. The maximum absolute atomic E-state index is 13.2. The number of nitrogens with zero attached hydrogens (tertiary/aromatic N) is 2. The van der Waals surface area contributed by atoms with Gasteiger partial charge in [-0.3, -0.25) is 19.2 Å². The Morgan fingerprint density at radius 1 is 0.625 bits per heavy atom. The van der Waals surface area contributed by atoms with Crippen LogP contribution in [-0.2, 0) is 28.7 Å². The van der Waals surface area contributed by atoms with Gasteiger partial charge >= 0.3 is 11.9 Å². The van der Waals surface area contributed by atoms with Crippen molar-refractivity contribution < 1.29 is 33.8 Å². The molecule has 1 unspecified atom stereocenters. The number of hydrogen-bond donors (Lipinski definition) is 3. The average Bonchev–Trinajstić information content (AvgIpc) is 3.07. The van der Waals surface area contributed by atoms with Gasteiger partial charge in [-0.2, -0.15) is 4.91 Å². The van der Waals surface area contributed by atoms with E-state index in [1.54, 1.807) is 0 Å². The predicted molar refractivity (Wildman–Crippen MR) is 188 cm³/mol. The van der Waals surface area contributed by atoms with E-state index in [-0.39, 0.29) is 39.0 Å². The van der Waals surface area contributed by atoms with Gasteiger partial charge in [0, 0.05) is 26.1 Å². The van der Waals surface area contributed by atoms with Crippen molar-refractivity contribution in [3.05, 3.63) is 10.1 Å². The molecule has 13 nitrogen and oxygen atoms in total. The first-order valence-electron chi connectivity index (χ1n) is 18.5. The molecule has 0 aromatic carbocycles. The molecule has 0 aliphatic carbocycles. The number of carbonyl (C=O) groups excluding carboxylic acids is 4. The van der Waals surface area contributed by atoms with Crippen molar-refractivity contribution in [2.24, 2.45) is 10.3 Å². The molecular weight excluding hydrogens is 618 g/mol. The Morgan fingerprint density at radius 2 is 0.979 bits per heavy atom. The average molecular weight is 684 g/mol. The Balaban J connectivity index is 5.22. The largest absolute Gasteiger partial charge is 0.606 e. The first kappa shape index (κ1) is 45.1. The van der Waals surface area contributed by atoms with Crippen molar-refractivity contribution >= 4 is 30.5 Å². The number of ether oxygens (including phenoxy) is 2. The molecule has 0 saturated heterocycles. The zero-order valence-corrected chi connectivity index (χ0v) is 29.9. The van der Waals surface area contributed by atoms with Crippen molar-refractivity contribution in [2.45, 2.75) is 167 Å². The molecule has 0 spiro atoms. The molecule has 0 heterocycles. The standard InChI is InChI=1S/C35H65N5O8/c1-4-6-8-10-12-14-16-18-20-22-24-30(41)47-32(34(43)37-26-27-39-45)33(35(44)38-28-29-40(46)36-3)48-31(42)25-23-21-19-17-15-13-11-9-7-5-2/h32-33,40H,3-29H2,1-2H3,(H,37,43)(H,38,44)/t32-,33-/m1/s1. The van der Waals surface area contributed by atoms with Crippen molar-refractivity contribution in [3.8, 4) is 0 Å². The highest BCUT2D eigenvalue weighted by Crippen LogP contribution is 2.15. The fraction of sp³-hybridized carbons (Fsp3) is 0.857. The van der Waals surface area contributed by atoms with Gasteiger partial charge in [0.05, 0.1) is 13.1 Å². The highest BCUT2D eigenvalue weighted by atomic mass is 16.6. The summed E-state index contributed by atoms with van der Waals surface area (Å²) >= 11 is 0. The number of nitrogens with one attached hydrogen (secondary N) is 3. The van der Waals surface area contributed by atoms with E-state index in [1.165, 1.54) is 64.2 Å². The predicted octanol–water partition coefficient (Wildman–Crippen LogP) is 5.43. The fourth-order valence-corrected chi connectivity index (χ4v) is 5.22. The molecule has 0 fully saturated rings. The lowest BCUT2D eigenvalue weighted by Crippen LogP contribution is -3.03. The lowest BCUT2D eigenvalue weighted by Gasteiger charge is -2.26. The van der Waals surface area contributed by atoms with Crippen LogP contribution in [0, 0.1) is 10.1 Å². The molecule has 2 amide bonds. The van der Waals surface area contributed by atoms with Gasteiger partial charge in [-0.25, -0.2) is 5.17 Å². The third-order valence-corrected chi connectivity index (χ3v) is 8.09. The molecule has 0 aromatic heterocycles. The molecule has 0 aliphatic heterocycles. The maximum atomic E-state index is 13.2. The fourth-order valence-electron chi connectivity index (χ4n) is 5.22. The quantitative estimate of drug-likeness (QED) is 0.0264. The third kappa shape index (κ3) is 26.1. The van der Waals surface area contributed by atoms with Gasteiger partial charge in [0.2, 0.25) is 12.2 Å². The Kier molecular flexibility index (Phi) is 30.6. The number of rotatable bonds is 34. The summed E-state index contributed by atoms with van der Waals surface area (Å²) in [4.78, 5) is 62.6. The number of nitroso groups, excluding NO2 is 1. The first-order chi connectivity index (χ1) is 23.3. The SMILES string of the molecule is C=N[NH+]([O-])CCNC(=O)[C@H](OC(=O)CCCCCCCCCCCC)[C@@H](OC(=O)CCCCCCCCCCCC)C(=O)NCCN=O. The molecule has 13 heteroatoms. The van der Waals surface area contributed by atoms with Gasteiger partial charge in [0.25, 0.3) is 11.8 Å². The molecule has 278 valence electrons. The van der Waals surface area contributed by atoms with Gasteiger partial charge in [0.1, 0.15) is 6.54 Å². The summed E-state index contributed by atoms with van der Waals surface area (Å²) in [7, 11) is 0. The lowest BCUT2D eigenvalue weighted by atomic mass is 10.1. The summed E-state index contributed by atoms with van der Waals surface area (Å²) in [6.07, 6.45) is 18.0. The Labute approximate surface area is 288 Å². The second-order valence-corrected chi connectivity index (χ2v) is 12.4. The Bertz CT molecular complexity index is 876. The lowest BCUT2D eigenvalue weighted by molar-refractivity contribution is -0.853. The number of unbranched alkanes of at least 4 members (excludes halogenated alkanes) is 18. The second kappa shape index (κ2) is 32.6. The molecule has 48 heavy (non-hydrogen) atoms. The Hall–Kier alpha value is -2.93. The zero-order chi connectivity index (χ0) is 35.7. The number of hydrogen-bond acceptors (Lipinski definition) is 10. The summed E-state index contributed by atoms with van der Waals surface area (Å²) in [5.74, 6) is -3.22. The topological polar surface area (TPSA) is 180 Å². The van der Waals surface area contributed by atoms with Crippen LogP contribution in [0.1, 0.15) is 155 Å². The summed E-state index contributed by atoms with van der Waals surface area (Å²) in [5.41, 5.74) is 0. The van der Waals surface area contributed by atoms with E-state index in [2.05, 4.69) is 41.5 Å².